The van der Waals surface area contributed by atoms with Crippen LogP contribution in [0.5, 0.6) is 0 Å². The molecule has 0 atom stereocenters. The van der Waals surface area contributed by atoms with Gasteiger partial charge in [0.25, 0.3) is 11.6 Å². The van der Waals surface area contributed by atoms with Gasteiger partial charge >= 0.3 is 6.03 Å². The van der Waals surface area contributed by atoms with E-state index in [2.05, 4.69) is 0 Å². The molecule has 1 rings (SSSR count). The first kappa shape index (κ1) is 11.5. The van der Waals surface area contributed by atoms with E-state index in [1.165, 1.54) is 17.8 Å². The molecule has 16 heavy (non-hydrogen) atoms. The highest BCUT2D eigenvalue weighted by molar-refractivity contribution is 5.94. The molecule has 9 nitrogen and oxygen atoms in total. The van der Waals surface area contributed by atoms with Crippen molar-refractivity contribution in [3.63, 3.8) is 0 Å². The maximum Gasteiger partial charge on any atom is 0.330 e. The molecule has 0 unspecified atom stereocenters. The van der Waals surface area contributed by atoms with Crippen molar-refractivity contribution in [2.24, 2.45) is 12.8 Å². The summed E-state index contributed by atoms with van der Waals surface area (Å²) in [4.78, 5) is 31.5. The molecule has 0 aliphatic heterocycles. The predicted molar refractivity (Wildman–Crippen MR) is 52.3 cm³/mol. The number of urea groups is 1. The van der Waals surface area contributed by atoms with Gasteiger partial charge in [-0.15, -0.1) is 0 Å². The molecule has 0 spiro atoms. The average molecular weight is 227 g/mol. The van der Waals surface area contributed by atoms with Gasteiger partial charge in [0.2, 0.25) is 0 Å². The first-order valence-electron chi connectivity index (χ1n) is 4.08. The van der Waals surface area contributed by atoms with E-state index in [4.69, 9.17) is 5.73 Å². The summed E-state index contributed by atoms with van der Waals surface area (Å²) in [5, 5.41) is 10.4. The number of amides is 3. The van der Waals surface area contributed by atoms with Crippen LogP contribution in [0, 0.1) is 10.1 Å². The van der Waals surface area contributed by atoms with Crippen LogP contribution < -0.4 is 16.6 Å². The maximum atomic E-state index is 11.4. The summed E-state index contributed by atoms with van der Waals surface area (Å²) in [7, 11) is 1.46. The van der Waals surface area contributed by atoms with Crippen LogP contribution in [0.15, 0.2) is 12.3 Å². The van der Waals surface area contributed by atoms with Crippen LogP contribution in [0.4, 0.5) is 10.5 Å². The minimum Gasteiger partial charge on any atom is -0.350 e. The fourth-order valence-corrected chi connectivity index (χ4v) is 1.06. The number of nitrogens with one attached hydrogen (secondary N) is 2. The standard InChI is InChI=1S/C7H9N5O4/c1-11-3-4(12(15)16)2-5(11)6(13)9-10-7(8)14/h2-3H,1H3,(H,9,13)(H3,8,10,14). The summed E-state index contributed by atoms with van der Waals surface area (Å²) in [5.41, 5.74) is 8.39. The Morgan fingerprint density at radius 1 is 1.50 bits per heavy atom. The minimum absolute atomic E-state index is 0.0282. The Kier molecular flexibility index (Phi) is 3.09. The molecule has 0 aliphatic rings. The largest absolute Gasteiger partial charge is 0.350 e. The Bertz CT molecular complexity index is 452. The molecule has 0 bridgehead atoms. The summed E-state index contributed by atoms with van der Waals surface area (Å²) in [6, 6.07) is 0.148. The molecule has 0 saturated carbocycles. The third kappa shape index (κ3) is 2.47. The van der Waals surface area contributed by atoms with E-state index in [0.29, 0.717) is 0 Å². The number of carbonyl (C=O) groups is 2. The van der Waals surface area contributed by atoms with Crippen LogP contribution in [0.2, 0.25) is 0 Å². The van der Waals surface area contributed by atoms with Gasteiger partial charge in [0, 0.05) is 13.1 Å². The first-order chi connectivity index (χ1) is 7.41. The van der Waals surface area contributed by atoms with Gasteiger partial charge in [-0.2, -0.15) is 0 Å². The van der Waals surface area contributed by atoms with E-state index in [1.54, 1.807) is 0 Å². The number of nitro groups is 1. The highest BCUT2D eigenvalue weighted by Crippen LogP contribution is 2.14. The summed E-state index contributed by atoms with van der Waals surface area (Å²) in [6.07, 6.45) is 1.18. The Morgan fingerprint density at radius 3 is 2.56 bits per heavy atom. The quantitative estimate of drug-likeness (QED) is 0.452. The van der Waals surface area contributed by atoms with Crippen LogP contribution >= 0.6 is 0 Å². The number of nitrogens with zero attached hydrogens (tertiary/aromatic N) is 2. The van der Waals surface area contributed by atoms with Crippen LogP contribution in [0.25, 0.3) is 0 Å². The molecule has 0 fully saturated rings. The maximum absolute atomic E-state index is 11.4. The monoisotopic (exact) mass is 227 g/mol. The molecular formula is C7H9N5O4. The zero-order valence-electron chi connectivity index (χ0n) is 8.26. The zero-order valence-corrected chi connectivity index (χ0v) is 8.26. The van der Waals surface area contributed by atoms with Crippen molar-refractivity contribution in [3.05, 3.63) is 28.1 Å². The fourth-order valence-electron chi connectivity index (χ4n) is 1.06. The smallest absolute Gasteiger partial charge is 0.330 e. The van der Waals surface area contributed by atoms with Crippen molar-refractivity contribution in [1.29, 1.82) is 0 Å². The zero-order chi connectivity index (χ0) is 12.3. The van der Waals surface area contributed by atoms with E-state index >= 15 is 0 Å². The number of hydrazine groups is 1. The topological polar surface area (TPSA) is 132 Å². The summed E-state index contributed by atoms with van der Waals surface area (Å²) in [6.45, 7) is 0. The van der Waals surface area contributed by atoms with E-state index in [-0.39, 0.29) is 11.4 Å². The molecule has 86 valence electrons. The lowest BCUT2D eigenvalue weighted by Gasteiger charge is -2.04. The third-order valence-corrected chi connectivity index (χ3v) is 1.73. The van der Waals surface area contributed by atoms with Gasteiger partial charge in [-0.3, -0.25) is 20.3 Å². The number of hydrogen-bond acceptors (Lipinski definition) is 4. The number of hydrogen-bond donors (Lipinski definition) is 3. The van der Waals surface area contributed by atoms with Crippen molar-refractivity contribution in [2.75, 3.05) is 0 Å². The van der Waals surface area contributed by atoms with E-state index in [1.807, 2.05) is 10.9 Å². The average Bonchev–Trinajstić information content (AvgIpc) is 2.57. The third-order valence-electron chi connectivity index (χ3n) is 1.73. The Labute approximate surface area is 89.3 Å². The summed E-state index contributed by atoms with van der Waals surface area (Å²) < 4.78 is 1.26. The highest BCUT2D eigenvalue weighted by atomic mass is 16.6. The molecular weight excluding hydrogens is 218 g/mol. The molecule has 3 amide bonds. The SMILES string of the molecule is Cn1cc([N+](=O)[O-])cc1C(=O)NNC(N)=O. The first-order valence-corrected chi connectivity index (χ1v) is 4.08. The Morgan fingerprint density at radius 2 is 2.12 bits per heavy atom. The van der Waals surface area contributed by atoms with E-state index in [9.17, 15) is 19.7 Å². The molecule has 1 aromatic heterocycles. The molecule has 0 saturated heterocycles. The van der Waals surface area contributed by atoms with Crippen molar-refractivity contribution < 1.29 is 14.5 Å². The van der Waals surface area contributed by atoms with E-state index < -0.39 is 16.9 Å². The molecule has 4 N–H and O–H groups in total. The van der Waals surface area contributed by atoms with Gasteiger partial charge in [-0.25, -0.2) is 10.2 Å². The predicted octanol–water partition coefficient (Wildman–Crippen LogP) is -0.754. The number of carbonyl (C=O) groups excluding carboxylic acids is 2. The number of primary amides is 1. The normalized spacial score (nSPS) is 9.56. The van der Waals surface area contributed by atoms with Gasteiger partial charge in [0.05, 0.1) is 11.1 Å². The van der Waals surface area contributed by atoms with E-state index in [0.717, 1.165) is 6.07 Å². The van der Waals surface area contributed by atoms with Crippen molar-refractivity contribution in [1.82, 2.24) is 15.4 Å². The molecule has 0 radical (unpaired) electrons. The Hall–Kier alpha value is -2.58. The summed E-state index contributed by atoms with van der Waals surface area (Å²) in [5.74, 6) is -0.700. The van der Waals surface area contributed by atoms with Crippen molar-refractivity contribution in [3.8, 4) is 0 Å². The number of rotatable bonds is 2. The van der Waals surface area contributed by atoms with Crippen LogP contribution in [-0.4, -0.2) is 21.4 Å². The van der Waals surface area contributed by atoms with Gasteiger partial charge in [-0.1, -0.05) is 0 Å². The molecule has 9 heteroatoms. The lowest BCUT2D eigenvalue weighted by atomic mass is 10.4. The number of aromatic nitrogens is 1. The number of nitrogens with two attached hydrogens (primary N) is 1. The van der Waals surface area contributed by atoms with Gasteiger partial charge in [0.15, 0.2) is 0 Å². The van der Waals surface area contributed by atoms with Crippen LogP contribution in [0.1, 0.15) is 10.5 Å². The molecule has 0 aromatic carbocycles. The lowest BCUT2D eigenvalue weighted by molar-refractivity contribution is -0.384. The molecule has 0 aliphatic carbocycles. The second-order valence-electron chi connectivity index (χ2n) is 2.89. The fraction of sp³-hybridized carbons (Fsp3) is 0.143. The molecule has 1 heterocycles. The van der Waals surface area contributed by atoms with Gasteiger partial charge in [0.1, 0.15) is 5.69 Å². The second kappa shape index (κ2) is 4.29. The van der Waals surface area contributed by atoms with Crippen molar-refractivity contribution in [2.45, 2.75) is 0 Å². The van der Waals surface area contributed by atoms with Gasteiger partial charge in [-0.05, 0) is 0 Å². The highest BCUT2D eigenvalue weighted by Gasteiger charge is 2.17. The minimum atomic E-state index is -0.933. The second-order valence-corrected chi connectivity index (χ2v) is 2.89. The van der Waals surface area contributed by atoms with Crippen LogP contribution in [0.3, 0.4) is 0 Å². The van der Waals surface area contributed by atoms with Crippen molar-refractivity contribution >= 4 is 17.6 Å². The summed E-state index contributed by atoms with van der Waals surface area (Å²) >= 11 is 0. The Balaban J connectivity index is 2.83. The van der Waals surface area contributed by atoms with Crippen LogP contribution in [-0.2, 0) is 7.05 Å². The lowest BCUT2D eigenvalue weighted by Crippen LogP contribution is -2.44. The number of aryl methyl sites for hydroxylation is 1. The molecule has 1 aromatic rings. The van der Waals surface area contributed by atoms with Gasteiger partial charge < -0.3 is 10.3 Å².